The zero-order valence-electron chi connectivity index (χ0n) is 9.01. The van der Waals surface area contributed by atoms with Gasteiger partial charge >= 0.3 is 5.97 Å². The van der Waals surface area contributed by atoms with Gasteiger partial charge in [-0.05, 0) is 13.3 Å². The highest BCUT2D eigenvalue weighted by Crippen LogP contribution is 1.98. The minimum Gasteiger partial charge on any atom is -0.481 e. The number of carboxylic acids is 1. The van der Waals surface area contributed by atoms with E-state index in [0.717, 1.165) is 0 Å². The van der Waals surface area contributed by atoms with E-state index in [0.29, 0.717) is 13.0 Å². The summed E-state index contributed by atoms with van der Waals surface area (Å²) in [4.78, 5) is 23.1. The van der Waals surface area contributed by atoms with E-state index in [1.807, 2.05) is 0 Å². The molecule has 0 aromatic carbocycles. The van der Waals surface area contributed by atoms with E-state index < -0.39 is 24.0 Å². The van der Waals surface area contributed by atoms with E-state index in [4.69, 9.17) is 15.9 Å². The van der Waals surface area contributed by atoms with Gasteiger partial charge in [0, 0.05) is 13.6 Å². The van der Waals surface area contributed by atoms with Crippen LogP contribution in [0.15, 0.2) is 0 Å². The first kappa shape index (κ1) is 13.9. The van der Waals surface area contributed by atoms with Crippen LogP contribution >= 0.6 is 0 Å². The van der Waals surface area contributed by atoms with Gasteiger partial charge in [-0.15, -0.1) is 0 Å². The number of hydrogen-bond acceptors (Lipinski definition) is 4. The van der Waals surface area contributed by atoms with Crippen LogP contribution in [0.4, 0.5) is 0 Å². The zero-order valence-corrected chi connectivity index (χ0v) is 9.01. The molecule has 0 aromatic heterocycles. The SMILES string of the molecule is CC(O)CCN(C)C(=O)C(N)CC(=O)O. The Morgan fingerprint density at radius 1 is 1.47 bits per heavy atom. The predicted octanol–water partition coefficient (Wildman–Crippen LogP) is -0.982. The van der Waals surface area contributed by atoms with Crippen LogP contribution in [0.5, 0.6) is 0 Å². The molecule has 0 bridgehead atoms. The Morgan fingerprint density at radius 2 is 2.00 bits per heavy atom. The number of carboxylic acid groups (broad SMARTS) is 1. The van der Waals surface area contributed by atoms with E-state index in [1.54, 1.807) is 6.92 Å². The fourth-order valence-electron chi connectivity index (χ4n) is 1.05. The quantitative estimate of drug-likeness (QED) is 0.531. The first-order valence-electron chi connectivity index (χ1n) is 4.75. The van der Waals surface area contributed by atoms with Crippen LogP contribution in [0.1, 0.15) is 19.8 Å². The molecular formula is C9H18N2O4. The highest BCUT2D eigenvalue weighted by atomic mass is 16.4. The van der Waals surface area contributed by atoms with Crippen LogP contribution in [0.2, 0.25) is 0 Å². The summed E-state index contributed by atoms with van der Waals surface area (Å²) in [5, 5.41) is 17.4. The van der Waals surface area contributed by atoms with Crippen molar-refractivity contribution in [2.45, 2.75) is 31.9 Å². The lowest BCUT2D eigenvalue weighted by Crippen LogP contribution is -2.43. The van der Waals surface area contributed by atoms with Crippen LogP contribution in [0.3, 0.4) is 0 Å². The Hall–Kier alpha value is -1.14. The lowest BCUT2D eigenvalue weighted by Gasteiger charge is -2.20. The van der Waals surface area contributed by atoms with Crippen molar-refractivity contribution in [3.63, 3.8) is 0 Å². The molecule has 0 heterocycles. The fourth-order valence-corrected chi connectivity index (χ4v) is 1.05. The van der Waals surface area contributed by atoms with Gasteiger partial charge in [-0.3, -0.25) is 9.59 Å². The number of nitrogens with zero attached hydrogens (tertiary/aromatic N) is 1. The molecule has 2 unspecified atom stereocenters. The molecule has 0 aliphatic rings. The number of aliphatic carboxylic acids is 1. The summed E-state index contributed by atoms with van der Waals surface area (Å²) in [5.74, 6) is -1.52. The summed E-state index contributed by atoms with van der Waals surface area (Å²) >= 11 is 0. The van der Waals surface area contributed by atoms with Gasteiger partial charge in [0.2, 0.25) is 5.91 Å². The van der Waals surface area contributed by atoms with Crippen molar-refractivity contribution in [3.8, 4) is 0 Å². The molecule has 0 radical (unpaired) electrons. The van der Waals surface area contributed by atoms with Gasteiger partial charge in [0.05, 0.1) is 18.6 Å². The zero-order chi connectivity index (χ0) is 12.0. The third kappa shape index (κ3) is 6.03. The van der Waals surface area contributed by atoms with Gasteiger partial charge < -0.3 is 20.8 Å². The van der Waals surface area contributed by atoms with Crippen LogP contribution in [0.25, 0.3) is 0 Å². The van der Waals surface area contributed by atoms with Crippen molar-refractivity contribution in [1.29, 1.82) is 0 Å². The monoisotopic (exact) mass is 218 g/mol. The first-order valence-corrected chi connectivity index (χ1v) is 4.75. The second-order valence-electron chi connectivity index (χ2n) is 3.60. The van der Waals surface area contributed by atoms with Gasteiger partial charge in [0.25, 0.3) is 0 Å². The summed E-state index contributed by atoms with van der Waals surface area (Å²) in [5.41, 5.74) is 5.39. The van der Waals surface area contributed by atoms with E-state index in [-0.39, 0.29) is 6.42 Å². The van der Waals surface area contributed by atoms with Crippen molar-refractivity contribution in [3.05, 3.63) is 0 Å². The van der Waals surface area contributed by atoms with Gasteiger partial charge in [-0.1, -0.05) is 0 Å². The minimum atomic E-state index is -1.10. The molecule has 0 fully saturated rings. The standard InChI is InChI=1S/C9H18N2O4/c1-6(12)3-4-11(2)9(15)7(10)5-8(13)14/h6-7,12H,3-5,10H2,1-2H3,(H,13,14). The van der Waals surface area contributed by atoms with Crippen molar-refractivity contribution in [2.75, 3.05) is 13.6 Å². The average Bonchev–Trinajstić information content (AvgIpc) is 2.11. The summed E-state index contributed by atoms with van der Waals surface area (Å²) in [7, 11) is 1.53. The number of amides is 1. The molecule has 0 rings (SSSR count). The number of likely N-dealkylation sites (N-methyl/N-ethyl adjacent to an activating group) is 1. The van der Waals surface area contributed by atoms with Crippen molar-refractivity contribution < 1.29 is 19.8 Å². The topological polar surface area (TPSA) is 104 Å². The van der Waals surface area contributed by atoms with Crippen LogP contribution in [0, 0.1) is 0 Å². The maximum absolute atomic E-state index is 11.4. The van der Waals surface area contributed by atoms with Crippen molar-refractivity contribution >= 4 is 11.9 Å². The summed E-state index contributed by atoms with van der Waals surface area (Å²) in [6.45, 7) is 1.99. The number of carbonyl (C=O) groups is 2. The lowest BCUT2D eigenvalue weighted by atomic mass is 10.2. The highest BCUT2D eigenvalue weighted by molar-refractivity contribution is 5.85. The van der Waals surface area contributed by atoms with E-state index in [2.05, 4.69) is 0 Å². The third-order valence-electron chi connectivity index (χ3n) is 1.97. The largest absolute Gasteiger partial charge is 0.481 e. The second kappa shape index (κ2) is 6.36. The smallest absolute Gasteiger partial charge is 0.305 e. The number of nitrogens with two attached hydrogens (primary N) is 1. The number of aliphatic hydroxyl groups is 1. The van der Waals surface area contributed by atoms with E-state index in [9.17, 15) is 9.59 Å². The Kier molecular flexibility index (Phi) is 5.88. The number of hydrogen-bond donors (Lipinski definition) is 3. The van der Waals surface area contributed by atoms with E-state index >= 15 is 0 Å². The normalized spacial score (nSPS) is 14.4. The molecule has 0 spiro atoms. The molecule has 0 saturated heterocycles. The molecule has 0 aliphatic carbocycles. The average molecular weight is 218 g/mol. The lowest BCUT2D eigenvalue weighted by molar-refractivity contribution is -0.141. The molecule has 6 heteroatoms. The van der Waals surface area contributed by atoms with Gasteiger partial charge in [0.1, 0.15) is 0 Å². The summed E-state index contributed by atoms with van der Waals surface area (Å²) in [6.07, 6.45) is -0.421. The van der Waals surface area contributed by atoms with Crippen molar-refractivity contribution in [1.82, 2.24) is 4.90 Å². The molecule has 1 amide bonds. The molecule has 88 valence electrons. The van der Waals surface area contributed by atoms with Gasteiger partial charge in [0.15, 0.2) is 0 Å². The maximum atomic E-state index is 11.4. The predicted molar refractivity (Wildman–Crippen MR) is 54.2 cm³/mol. The second-order valence-corrected chi connectivity index (χ2v) is 3.60. The minimum absolute atomic E-state index is 0.365. The Labute approximate surface area is 88.7 Å². The Bertz CT molecular complexity index is 230. The third-order valence-corrected chi connectivity index (χ3v) is 1.97. The molecule has 4 N–H and O–H groups in total. The first-order chi connectivity index (χ1) is 6.84. The Morgan fingerprint density at radius 3 is 2.40 bits per heavy atom. The van der Waals surface area contributed by atoms with Gasteiger partial charge in [-0.25, -0.2) is 0 Å². The molecular weight excluding hydrogens is 200 g/mol. The molecule has 2 atom stereocenters. The number of aliphatic hydroxyl groups excluding tert-OH is 1. The fraction of sp³-hybridized carbons (Fsp3) is 0.778. The van der Waals surface area contributed by atoms with Crippen LogP contribution in [-0.2, 0) is 9.59 Å². The Balaban J connectivity index is 4.01. The van der Waals surface area contributed by atoms with E-state index in [1.165, 1.54) is 11.9 Å². The van der Waals surface area contributed by atoms with Crippen LogP contribution < -0.4 is 5.73 Å². The highest BCUT2D eigenvalue weighted by Gasteiger charge is 2.20. The number of rotatable bonds is 6. The van der Waals surface area contributed by atoms with Crippen molar-refractivity contribution in [2.24, 2.45) is 5.73 Å². The summed E-state index contributed by atoms with van der Waals surface area (Å²) in [6, 6.07) is -1.01. The summed E-state index contributed by atoms with van der Waals surface area (Å²) < 4.78 is 0. The van der Waals surface area contributed by atoms with Crippen LogP contribution in [-0.4, -0.2) is 52.7 Å². The number of carbonyl (C=O) groups excluding carboxylic acids is 1. The molecule has 15 heavy (non-hydrogen) atoms. The molecule has 0 saturated carbocycles. The molecule has 6 nitrogen and oxygen atoms in total. The molecule has 0 aromatic rings. The maximum Gasteiger partial charge on any atom is 0.305 e. The van der Waals surface area contributed by atoms with Gasteiger partial charge in [-0.2, -0.15) is 0 Å². The molecule has 0 aliphatic heterocycles.